The van der Waals surface area contributed by atoms with E-state index in [1.165, 1.54) is 4.90 Å². The van der Waals surface area contributed by atoms with Gasteiger partial charge in [0.05, 0.1) is 25.7 Å². The van der Waals surface area contributed by atoms with E-state index in [0.717, 1.165) is 0 Å². The predicted octanol–water partition coefficient (Wildman–Crippen LogP) is -1.25. The van der Waals surface area contributed by atoms with Crippen LogP contribution in [0.4, 0.5) is 4.79 Å². The Balaban J connectivity index is 2.59. The van der Waals surface area contributed by atoms with Gasteiger partial charge >= 0.3 is 12.0 Å². The number of carboxylic acids is 1. The van der Waals surface area contributed by atoms with Crippen LogP contribution < -0.4 is 11.1 Å². The average molecular weight is 259 g/mol. The third-order valence-electron chi connectivity index (χ3n) is 2.63. The summed E-state index contributed by atoms with van der Waals surface area (Å²) in [5.74, 6) is -2.07. The third kappa shape index (κ3) is 3.88. The highest BCUT2D eigenvalue weighted by molar-refractivity contribution is 5.87. The first-order valence-corrected chi connectivity index (χ1v) is 5.57. The quantitative estimate of drug-likeness (QED) is 0.582. The van der Waals surface area contributed by atoms with Crippen LogP contribution in [0.5, 0.6) is 0 Å². The van der Waals surface area contributed by atoms with Crippen LogP contribution >= 0.6 is 0 Å². The third-order valence-corrected chi connectivity index (χ3v) is 2.63. The Morgan fingerprint density at radius 3 is 2.72 bits per heavy atom. The lowest BCUT2D eigenvalue weighted by Gasteiger charge is -2.33. The molecule has 8 nitrogen and oxygen atoms in total. The van der Waals surface area contributed by atoms with E-state index in [-0.39, 0.29) is 6.04 Å². The summed E-state index contributed by atoms with van der Waals surface area (Å²) < 4.78 is 5.17. The largest absolute Gasteiger partial charge is 0.480 e. The van der Waals surface area contributed by atoms with Crippen molar-refractivity contribution in [2.45, 2.75) is 25.4 Å². The van der Waals surface area contributed by atoms with Crippen molar-refractivity contribution in [2.24, 2.45) is 5.73 Å². The summed E-state index contributed by atoms with van der Waals surface area (Å²) >= 11 is 0. The number of aliphatic carboxylic acids is 1. The number of carbonyl (C=O) groups is 3. The number of primary amides is 1. The normalized spacial score (nSPS) is 21.2. The molecular formula is C10H17N3O5. The maximum absolute atomic E-state index is 11.8. The molecule has 1 aliphatic heterocycles. The van der Waals surface area contributed by atoms with Gasteiger partial charge in [-0.2, -0.15) is 0 Å². The van der Waals surface area contributed by atoms with Crippen molar-refractivity contribution in [3.8, 4) is 0 Å². The maximum atomic E-state index is 11.8. The second kappa shape index (κ2) is 6.20. The molecule has 0 spiro atoms. The summed E-state index contributed by atoms with van der Waals surface area (Å²) in [7, 11) is 0. The Kier molecular flexibility index (Phi) is 4.90. The van der Waals surface area contributed by atoms with Crippen molar-refractivity contribution >= 4 is 17.9 Å². The fourth-order valence-electron chi connectivity index (χ4n) is 1.66. The van der Waals surface area contributed by atoms with Crippen LogP contribution in [-0.2, 0) is 14.3 Å². The van der Waals surface area contributed by atoms with Crippen LogP contribution in [0.1, 0.15) is 13.3 Å². The molecule has 0 aromatic heterocycles. The number of rotatable bonds is 4. The number of hydrogen-bond donors (Lipinski definition) is 3. The first-order chi connectivity index (χ1) is 8.41. The molecule has 1 fully saturated rings. The zero-order chi connectivity index (χ0) is 13.7. The minimum absolute atomic E-state index is 0.137. The molecule has 4 N–H and O–H groups in total. The Morgan fingerprint density at radius 2 is 2.22 bits per heavy atom. The Bertz CT molecular complexity index is 346. The number of amides is 3. The molecule has 0 aromatic rings. The summed E-state index contributed by atoms with van der Waals surface area (Å²) in [6.45, 7) is 2.99. The number of hydrogen-bond acceptors (Lipinski definition) is 4. The van der Waals surface area contributed by atoms with Gasteiger partial charge in [0.15, 0.2) is 0 Å². The van der Waals surface area contributed by atoms with Gasteiger partial charge in [-0.3, -0.25) is 4.79 Å². The lowest BCUT2D eigenvalue weighted by Crippen LogP contribution is -2.55. The van der Waals surface area contributed by atoms with Crippen molar-refractivity contribution in [3.63, 3.8) is 0 Å². The van der Waals surface area contributed by atoms with Crippen LogP contribution in [0.2, 0.25) is 0 Å². The van der Waals surface area contributed by atoms with Crippen LogP contribution in [0, 0.1) is 0 Å². The number of nitrogens with one attached hydrogen (secondary N) is 1. The van der Waals surface area contributed by atoms with Gasteiger partial charge in [0, 0.05) is 6.54 Å². The fourth-order valence-corrected chi connectivity index (χ4v) is 1.66. The first kappa shape index (κ1) is 14.2. The zero-order valence-corrected chi connectivity index (χ0v) is 10.1. The van der Waals surface area contributed by atoms with E-state index in [9.17, 15) is 14.4 Å². The lowest BCUT2D eigenvalue weighted by molar-refractivity contribution is -0.141. The molecule has 3 amide bonds. The molecule has 0 aromatic carbocycles. The van der Waals surface area contributed by atoms with Crippen molar-refractivity contribution in [1.82, 2.24) is 10.2 Å². The summed E-state index contributed by atoms with van der Waals surface area (Å²) in [4.78, 5) is 34.9. The summed E-state index contributed by atoms with van der Waals surface area (Å²) in [6, 6.07) is -1.97. The van der Waals surface area contributed by atoms with Gasteiger partial charge in [-0.15, -0.1) is 0 Å². The van der Waals surface area contributed by atoms with E-state index in [4.69, 9.17) is 15.6 Å². The van der Waals surface area contributed by atoms with Crippen molar-refractivity contribution in [1.29, 1.82) is 0 Å². The van der Waals surface area contributed by atoms with Crippen LogP contribution in [0.25, 0.3) is 0 Å². The Hall–Kier alpha value is -1.83. The maximum Gasteiger partial charge on any atom is 0.326 e. The molecule has 1 aliphatic rings. The SMILES string of the molecule is CC1COCCN1C(=O)N[C@H](CC(N)=O)C(=O)O. The van der Waals surface area contributed by atoms with Gasteiger partial charge in [-0.05, 0) is 6.92 Å². The number of carbonyl (C=O) groups excluding carboxylic acids is 2. The molecule has 0 aliphatic carbocycles. The van der Waals surface area contributed by atoms with Crippen molar-refractivity contribution < 1.29 is 24.2 Å². The Morgan fingerprint density at radius 1 is 1.56 bits per heavy atom. The van der Waals surface area contributed by atoms with Gasteiger partial charge in [0.2, 0.25) is 5.91 Å². The first-order valence-electron chi connectivity index (χ1n) is 5.57. The van der Waals surface area contributed by atoms with Crippen LogP contribution in [0.3, 0.4) is 0 Å². The van der Waals surface area contributed by atoms with Crippen LogP contribution in [-0.4, -0.2) is 59.8 Å². The molecule has 18 heavy (non-hydrogen) atoms. The average Bonchev–Trinajstić information content (AvgIpc) is 2.27. The second-order valence-corrected chi connectivity index (χ2v) is 4.13. The molecule has 1 heterocycles. The minimum atomic E-state index is -1.30. The van der Waals surface area contributed by atoms with E-state index in [1.807, 2.05) is 0 Å². The number of carboxylic acid groups (broad SMARTS) is 1. The zero-order valence-electron chi connectivity index (χ0n) is 10.1. The van der Waals surface area contributed by atoms with E-state index < -0.39 is 30.4 Å². The second-order valence-electron chi connectivity index (χ2n) is 4.13. The highest BCUT2D eigenvalue weighted by Gasteiger charge is 2.28. The molecule has 0 bridgehead atoms. The summed E-state index contributed by atoms with van der Waals surface area (Å²) in [5.41, 5.74) is 4.93. The predicted molar refractivity (Wildman–Crippen MR) is 60.8 cm³/mol. The minimum Gasteiger partial charge on any atom is -0.480 e. The molecule has 0 radical (unpaired) electrons. The van der Waals surface area contributed by atoms with Gasteiger partial charge in [0.1, 0.15) is 6.04 Å². The molecule has 102 valence electrons. The van der Waals surface area contributed by atoms with E-state index in [2.05, 4.69) is 5.32 Å². The molecule has 8 heteroatoms. The van der Waals surface area contributed by atoms with Gasteiger partial charge in [0.25, 0.3) is 0 Å². The number of nitrogens with zero attached hydrogens (tertiary/aromatic N) is 1. The fraction of sp³-hybridized carbons (Fsp3) is 0.700. The van der Waals surface area contributed by atoms with Crippen LogP contribution in [0.15, 0.2) is 0 Å². The highest BCUT2D eigenvalue weighted by Crippen LogP contribution is 2.07. The monoisotopic (exact) mass is 259 g/mol. The standard InChI is InChI=1S/C10H17N3O5/c1-6-5-18-3-2-13(6)10(17)12-7(9(15)16)4-8(11)14/h6-7H,2-5H2,1H3,(H2,11,14)(H,12,17)(H,15,16)/t6?,7-/m1/s1. The van der Waals surface area contributed by atoms with Gasteiger partial charge in [-0.25, -0.2) is 9.59 Å². The molecule has 1 unspecified atom stereocenters. The van der Waals surface area contributed by atoms with Crippen molar-refractivity contribution in [3.05, 3.63) is 0 Å². The Labute approximate surface area is 104 Å². The highest BCUT2D eigenvalue weighted by atomic mass is 16.5. The molecule has 1 saturated heterocycles. The topological polar surface area (TPSA) is 122 Å². The van der Waals surface area contributed by atoms with Crippen molar-refractivity contribution in [2.75, 3.05) is 19.8 Å². The van der Waals surface area contributed by atoms with E-state index in [0.29, 0.717) is 19.8 Å². The van der Waals surface area contributed by atoms with Gasteiger partial charge in [-0.1, -0.05) is 0 Å². The summed E-state index contributed by atoms with van der Waals surface area (Å²) in [5, 5.41) is 11.1. The number of nitrogens with two attached hydrogens (primary N) is 1. The smallest absolute Gasteiger partial charge is 0.326 e. The number of ether oxygens (including phenoxy) is 1. The number of morpholine rings is 1. The van der Waals surface area contributed by atoms with Gasteiger partial charge < -0.3 is 25.8 Å². The lowest BCUT2D eigenvalue weighted by atomic mass is 10.2. The summed E-state index contributed by atoms with van der Waals surface area (Å²) in [6.07, 6.45) is -0.431. The van der Waals surface area contributed by atoms with E-state index in [1.54, 1.807) is 6.92 Å². The number of urea groups is 1. The van der Waals surface area contributed by atoms with E-state index >= 15 is 0 Å². The molecule has 0 saturated carbocycles. The molecular weight excluding hydrogens is 242 g/mol. The molecule has 1 rings (SSSR count). The molecule has 2 atom stereocenters.